The van der Waals surface area contributed by atoms with E-state index < -0.39 is 0 Å². The van der Waals surface area contributed by atoms with E-state index in [4.69, 9.17) is 9.47 Å². The lowest BCUT2D eigenvalue weighted by Crippen LogP contribution is -2.07. The minimum absolute atomic E-state index is 0.233. The highest BCUT2D eigenvalue weighted by Crippen LogP contribution is 2.25. The van der Waals surface area contributed by atoms with Crippen LogP contribution in [-0.2, 0) is 16.1 Å². The van der Waals surface area contributed by atoms with Gasteiger partial charge in [0, 0.05) is 5.56 Å². The average Bonchev–Trinajstić information content (AvgIpc) is 2.71. The van der Waals surface area contributed by atoms with Crippen molar-refractivity contribution in [3.8, 4) is 5.75 Å². The minimum Gasteiger partial charge on any atom is -0.496 e. The van der Waals surface area contributed by atoms with Crippen molar-refractivity contribution in [1.29, 1.82) is 0 Å². The summed E-state index contributed by atoms with van der Waals surface area (Å²) in [5, 5.41) is 0. The zero-order chi connectivity index (χ0) is 19.1. The third-order valence-corrected chi connectivity index (χ3v) is 4.20. The number of aryl methyl sites for hydroxylation is 1. The minimum atomic E-state index is -0.367. The Morgan fingerprint density at radius 2 is 1.67 bits per heavy atom. The molecule has 3 heteroatoms. The summed E-state index contributed by atoms with van der Waals surface area (Å²) >= 11 is 0. The third kappa shape index (κ3) is 4.85. The lowest BCUT2D eigenvalue weighted by Gasteiger charge is -2.11. The topological polar surface area (TPSA) is 35.5 Å². The number of esters is 1. The van der Waals surface area contributed by atoms with E-state index in [1.807, 2.05) is 91.9 Å². The van der Waals surface area contributed by atoms with Crippen molar-refractivity contribution < 1.29 is 14.3 Å². The largest absolute Gasteiger partial charge is 0.496 e. The van der Waals surface area contributed by atoms with E-state index in [0.717, 1.165) is 22.3 Å². The third-order valence-electron chi connectivity index (χ3n) is 4.20. The van der Waals surface area contributed by atoms with Gasteiger partial charge in [-0.2, -0.15) is 0 Å². The van der Waals surface area contributed by atoms with Crippen LogP contribution < -0.4 is 4.74 Å². The molecule has 0 aromatic heterocycles. The van der Waals surface area contributed by atoms with Crippen LogP contribution in [0.3, 0.4) is 0 Å². The van der Waals surface area contributed by atoms with Gasteiger partial charge in [0.25, 0.3) is 0 Å². The Morgan fingerprint density at radius 3 is 2.41 bits per heavy atom. The Kier molecular flexibility index (Phi) is 6.06. The van der Waals surface area contributed by atoms with Crippen LogP contribution in [0.4, 0.5) is 0 Å². The molecule has 3 aromatic rings. The number of para-hydroxylation sites is 1. The molecule has 0 saturated carbocycles. The molecule has 3 rings (SSSR count). The number of rotatable bonds is 6. The van der Waals surface area contributed by atoms with E-state index in [1.165, 1.54) is 0 Å². The normalized spacial score (nSPS) is 11.1. The maximum absolute atomic E-state index is 12.9. The number of hydrogen-bond donors (Lipinski definition) is 0. The van der Waals surface area contributed by atoms with Gasteiger partial charge < -0.3 is 9.47 Å². The molecule has 0 unspecified atom stereocenters. The van der Waals surface area contributed by atoms with Gasteiger partial charge in [-0.3, -0.25) is 0 Å². The smallest absolute Gasteiger partial charge is 0.339 e. The first kappa shape index (κ1) is 18.5. The van der Waals surface area contributed by atoms with E-state index in [1.54, 1.807) is 7.11 Å². The van der Waals surface area contributed by atoms with E-state index in [9.17, 15) is 4.79 Å². The van der Waals surface area contributed by atoms with Crippen molar-refractivity contribution in [3.05, 3.63) is 101 Å². The number of ether oxygens (including phenoxy) is 2. The summed E-state index contributed by atoms with van der Waals surface area (Å²) < 4.78 is 11.0. The maximum atomic E-state index is 12.9. The Hall–Kier alpha value is -3.33. The van der Waals surface area contributed by atoms with Crippen molar-refractivity contribution in [1.82, 2.24) is 0 Å². The lowest BCUT2D eigenvalue weighted by atomic mass is 10.0. The first-order chi connectivity index (χ1) is 13.2. The standard InChI is InChI=1S/C24H22O3/c1-18-9-8-10-19(15-18)17-27-24(25)22(20-11-4-3-5-12-20)16-21-13-6-7-14-23(21)26-2/h3-16H,17H2,1-2H3/b22-16+. The number of methoxy groups -OCH3 is 1. The Balaban J connectivity index is 1.90. The fourth-order valence-electron chi connectivity index (χ4n) is 2.85. The molecule has 0 aliphatic heterocycles. The van der Waals surface area contributed by atoms with Crippen LogP contribution in [0, 0.1) is 6.92 Å². The molecular formula is C24H22O3. The summed E-state index contributed by atoms with van der Waals surface area (Å²) in [6, 6.07) is 25.0. The van der Waals surface area contributed by atoms with Crippen molar-refractivity contribution in [2.75, 3.05) is 7.11 Å². The summed E-state index contributed by atoms with van der Waals surface area (Å²) in [4.78, 5) is 12.9. The molecular weight excluding hydrogens is 336 g/mol. The van der Waals surface area contributed by atoms with E-state index in [-0.39, 0.29) is 12.6 Å². The predicted octanol–water partition coefficient (Wildman–Crippen LogP) is 5.29. The van der Waals surface area contributed by atoms with Gasteiger partial charge in [-0.05, 0) is 30.2 Å². The van der Waals surface area contributed by atoms with Crippen molar-refractivity contribution in [3.63, 3.8) is 0 Å². The number of hydrogen-bond acceptors (Lipinski definition) is 3. The second kappa shape index (κ2) is 8.86. The number of carbonyl (C=O) groups is 1. The second-order valence-corrected chi connectivity index (χ2v) is 6.23. The van der Waals surface area contributed by atoms with Gasteiger partial charge in [0.1, 0.15) is 12.4 Å². The molecule has 0 bridgehead atoms. The van der Waals surface area contributed by atoms with Gasteiger partial charge in [0.15, 0.2) is 0 Å². The van der Waals surface area contributed by atoms with Crippen LogP contribution in [0.25, 0.3) is 11.6 Å². The number of carbonyl (C=O) groups excluding carboxylic acids is 1. The molecule has 0 saturated heterocycles. The molecule has 0 spiro atoms. The molecule has 3 nitrogen and oxygen atoms in total. The van der Waals surface area contributed by atoms with E-state index >= 15 is 0 Å². The monoisotopic (exact) mass is 358 g/mol. The van der Waals surface area contributed by atoms with Gasteiger partial charge in [-0.25, -0.2) is 4.79 Å². The quantitative estimate of drug-likeness (QED) is 0.341. The fraction of sp³-hybridized carbons (Fsp3) is 0.125. The zero-order valence-electron chi connectivity index (χ0n) is 15.5. The van der Waals surface area contributed by atoms with Crippen LogP contribution in [0.5, 0.6) is 5.75 Å². The van der Waals surface area contributed by atoms with Gasteiger partial charge in [0.2, 0.25) is 0 Å². The Morgan fingerprint density at radius 1 is 0.926 bits per heavy atom. The van der Waals surface area contributed by atoms with Crippen LogP contribution in [0.15, 0.2) is 78.9 Å². The molecule has 136 valence electrons. The maximum Gasteiger partial charge on any atom is 0.339 e. The van der Waals surface area contributed by atoms with Gasteiger partial charge in [-0.1, -0.05) is 78.4 Å². The van der Waals surface area contributed by atoms with Crippen molar-refractivity contribution >= 4 is 17.6 Å². The highest BCUT2D eigenvalue weighted by atomic mass is 16.5. The first-order valence-corrected chi connectivity index (χ1v) is 8.80. The molecule has 3 aromatic carbocycles. The van der Waals surface area contributed by atoms with Crippen molar-refractivity contribution in [2.24, 2.45) is 0 Å². The van der Waals surface area contributed by atoms with Gasteiger partial charge in [-0.15, -0.1) is 0 Å². The second-order valence-electron chi connectivity index (χ2n) is 6.23. The lowest BCUT2D eigenvalue weighted by molar-refractivity contribution is -0.137. The Labute approximate surface area is 159 Å². The SMILES string of the molecule is COc1ccccc1/C=C(/C(=O)OCc1cccc(C)c1)c1ccccc1. The average molecular weight is 358 g/mol. The van der Waals surface area contributed by atoms with Crippen LogP contribution in [0.2, 0.25) is 0 Å². The van der Waals surface area contributed by atoms with E-state index in [0.29, 0.717) is 11.3 Å². The molecule has 0 aliphatic carbocycles. The molecule has 0 heterocycles. The van der Waals surface area contributed by atoms with Crippen LogP contribution in [-0.4, -0.2) is 13.1 Å². The summed E-state index contributed by atoms with van der Waals surface area (Å²) in [6.45, 7) is 2.25. The molecule has 0 aliphatic rings. The highest BCUT2D eigenvalue weighted by molar-refractivity contribution is 6.21. The van der Waals surface area contributed by atoms with Crippen LogP contribution >= 0.6 is 0 Å². The predicted molar refractivity (Wildman–Crippen MR) is 108 cm³/mol. The summed E-state index contributed by atoms with van der Waals surface area (Å²) in [7, 11) is 1.62. The zero-order valence-corrected chi connectivity index (χ0v) is 15.5. The van der Waals surface area contributed by atoms with E-state index in [2.05, 4.69) is 0 Å². The fourth-order valence-corrected chi connectivity index (χ4v) is 2.85. The number of benzene rings is 3. The summed E-state index contributed by atoms with van der Waals surface area (Å²) in [5.41, 5.74) is 4.22. The molecule has 0 radical (unpaired) electrons. The molecule has 0 N–H and O–H groups in total. The highest BCUT2D eigenvalue weighted by Gasteiger charge is 2.15. The Bertz CT molecular complexity index is 943. The van der Waals surface area contributed by atoms with Gasteiger partial charge in [0.05, 0.1) is 12.7 Å². The first-order valence-electron chi connectivity index (χ1n) is 8.80. The molecule has 0 fully saturated rings. The van der Waals surface area contributed by atoms with Crippen LogP contribution in [0.1, 0.15) is 22.3 Å². The van der Waals surface area contributed by atoms with Gasteiger partial charge >= 0.3 is 5.97 Å². The summed E-state index contributed by atoms with van der Waals surface area (Å²) in [5.74, 6) is 0.339. The molecule has 0 amide bonds. The summed E-state index contributed by atoms with van der Waals surface area (Å²) in [6.07, 6.45) is 1.81. The molecule has 0 atom stereocenters. The van der Waals surface area contributed by atoms with Crippen molar-refractivity contribution in [2.45, 2.75) is 13.5 Å². The molecule has 27 heavy (non-hydrogen) atoms.